The van der Waals surface area contributed by atoms with Crippen LogP contribution in [0.1, 0.15) is 49.7 Å². The van der Waals surface area contributed by atoms with E-state index in [1.54, 1.807) is 19.1 Å². The number of benzene rings is 2. The lowest BCUT2D eigenvalue weighted by Gasteiger charge is -2.36. The van der Waals surface area contributed by atoms with Crippen molar-refractivity contribution >= 4 is 5.91 Å². The summed E-state index contributed by atoms with van der Waals surface area (Å²) in [5.41, 5.74) is 2.48. The van der Waals surface area contributed by atoms with Gasteiger partial charge in [0.15, 0.2) is 0 Å². The van der Waals surface area contributed by atoms with Gasteiger partial charge in [-0.1, -0.05) is 42.5 Å². The van der Waals surface area contributed by atoms with Gasteiger partial charge in [-0.15, -0.1) is 0 Å². The first kappa shape index (κ1) is 16.6. The molecular weight excluding hydrogens is 298 g/mol. The first-order valence-corrected chi connectivity index (χ1v) is 8.73. The molecule has 1 aliphatic carbocycles. The monoisotopic (exact) mass is 323 g/mol. The summed E-state index contributed by atoms with van der Waals surface area (Å²) in [6.45, 7) is 2.37. The molecular formula is C21H25NO2. The molecule has 1 amide bonds. The number of phenols is 1. The van der Waals surface area contributed by atoms with Gasteiger partial charge in [-0.2, -0.15) is 0 Å². The van der Waals surface area contributed by atoms with Crippen molar-refractivity contribution in [3.05, 3.63) is 65.7 Å². The Bertz CT molecular complexity index is 658. The van der Waals surface area contributed by atoms with Crippen molar-refractivity contribution in [1.29, 1.82) is 0 Å². The third-order valence-electron chi connectivity index (χ3n) is 5.10. The predicted molar refractivity (Wildman–Crippen MR) is 95.8 cm³/mol. The van der Waals surface area contributed by atoms with E-state index in [4.69, 9.17) is 0 Å². The summed E-state index contributed by atoms with van der Waals surface area (Å²) < 4.78 is 0. The van der Waals surface area contributed by atoms with Crippen LogP contribution >= 0.6 is 0 Å². The molecule has 2 aromatic carbocycles. The van der Waals surface area contributed by atoms with E-state index in [1.165, 1.54) is 11.1 Å². The lowest BCUT2D eigenvalue weighted by atomic mass is 9.81. The van der Waals surface area contributed by atoms with Gasteiger partial charge in [0.1, 0.15) is 5.75 Å². The zero-order valence-corrected chi connectivity index (χ0v) is 14.2. The fourth-order valence-electron chi connectivity index (χ4n) is 3.74. The highest BCUT2D eigenvalue weighted by atomic mass is 16.3. The van der Waals surface area contributed by atoms with Gasteiger partial charge in [0, 0.05) is 19.5 Å². The van der Waals surface area contributed by atoms with Crippen LogP contribution in [0.5, 0.6) is 5.75 Å². The van der Waals surface area contributed by atoms with Crippen molar-refractivity contribution in [1.82, 2.24) is 4.90 Å². The van der Waals surface area contributed by atoms with E-state index >= 15 is 0 Å². The summed E-state index contributed by atoms with van der Waals surface area (Å²) in [6, 6.07) is 18.1. The molecule has 1 fully saturated rings. The van der Waals surface area contributed by atoms with Crippen molar-refractivity contribution in [2.24, 2.45) is 0 Å². The van der Waals surface area contributed by atoms with E-state index < -0.39 is 0 Å². The molecule has 0 saturated heterocycles. The molecule has 2 aromatic rings. The molecule has 0 aliphatic heterocycles. The second-order valence-corrected chi connectivity index (χ2v) is 6.73. The average Bonchev–Trinajstić information content (AvgIpc) is 2.61. The minimum atomic E-state index is 0.159. The topological polar surface area (TPSA) is 40.5 Å². The second kappa shape index (κ2) is 7.52. The number of carbonyl (C=O) groups is 1. The van der Waals surface area contributed by atoms with Crippen molar-refractivity contribution in [3.63, 3.8) is 0 Å². The third kappa shape index (κ3) is 3.97. The molecule has 0 unspecified atom stereocenters. The number of aromatic hydroxyl groups is 1. The third-order valence-corrected chi connectivity index (χ3v) is 5.10. The summed E-state index contributed by atoms with van der Waals surface area (Å²) in [5, 5.41) is 9.43. The van der Waals surface area contributed by atoms with Crippen LogP contribution < -0.4 is 0 Å². The lowest BCUT2D eigenvalue weighted by Crippen LogP contribution is -2.40. The van der Waals surface area contributed by atoms with Crippen LogP contribution in [0.15, 0.2) is 54.6 Å². The van der Waals surface area contributed by atoms with E-state index in [9.17, 15) is 9.90 Å². The number of carbonyl (C=O) groups excluding carboxylic acids is 1. The molecule has 3 heteroatoms. The van der Waals surface area contributed by atoms with E-state index in [2.05, 4.69) is 12.1 Å². The molecule has 1 N–H and O–H groups in total. The predicted octanol–water partition coefficient (Wildman–Crippen LogP) is 4.47. The Hall–Kier alpha value is -2.29. The Kier molecular flexibility index (Phi) is 5.19. The van der Waals surface area contributed by atoms with Crippen molar-refractivity contribution in [2.45, 2.75) is 51.1 Å². The molecule has 0 spiro atoms. The molecule has 0 heterocycles. The molecule has 0 atom stereocenters. The summed E-state index contributed by atoms with van der Waals surface area (Å²) in [6.07, 6.45) is 4.26. The summed E-state index contributed by atoms with van der Waals surface area (Å²) >= 11 is 0. The second-order valence-electron chi connectivity index (χ2n) is 6.73. The Labute approximate surface area is 143 Å². The van der Waals surface area contributed by atoms with Crippen LogP contribution in [0.2, 0.25) is 0 Å². The Morgan fingerprint density at radius 3 is 2.21 bits per heavy atom. The SMILES string of the molecule is CC(=O)N(Cc1ccccc1)[C@H]1CC[C@H](c2ccc(O)cc2)CC1. The van der Waals surface area contributed by atoms with E-state index in [1.807, 2.05) is 35.2 Å². The number of phenolic OH excluding ortho intramolecular Hbond substituents is 1. The smallest absolute Gasteiger partial charge is 0.219 e. The minimum Gasteiger partial charge on any atom is -0.508 e. The molecule has 24 heavy (non-hydrogen) atoms. The molecule has 3 rings (SSSR count). The zero-order valence-electron chi connectivity index (χ0n) is 14.2. The van der Waals surface area contributed by atoms with Gasteiger partial charge in [0.2, 0.25) is 5.91 Å². The molecule has 0 aromatic heterocycles. The molecule has 3 nitrogen and oxygen atoms in total. The van der Waals surface area contributed by atoms with Gasteiger partial charge in [-0.3, -0.25) is 4.79 Å². The highest BCUT2D eigenvalue weighted by Gasteiger charge is 2.28. The van der Waals surface area contributed by atoms with E-state index in [-0.39, 0.29) is 5.91 Å². The number of hydrogen-bond donors (Lipinski definition) is 1. The first-order valence-electron chi connectivity index (χ1n) is 8.73. The van der Waals surface area contributed by atoms with Gasteiger partial charge in [-0.25, -0.2) is 0 Å². The fourth-order valence-corrected chi connectivity index (χ4v) is 3.74. The average molecular weight is 323 g/mol. The normalized spacial score (nSPS) is 20.5. The standard InChI is InChI=1S/C21H25NO2/c1-16(23)22(15-17-5-3-2-4-6-17)20-11-7-18(8-12-20)19-9-13-21(24)14-10-19/h2-6,9-10,13-14,18,20,24H,7-8,11-12,15H2,1H3/t18-,20-. The lowest BCUT2D eigenvalue weighted by molar-refractivity contribution is -0.132. The highest BCUT2D eigenvalue weighted by Crippen LogP contribution is 2.35. The number of amides is 1. The maximum atomic E-state index is 12.1. The van der Waals surface area contributed by atoms with Crippen LogP contribution in [-0.2, 0) is 11.3 Å². The van der Waals surface area contributed by atoms with Crippen molar-refractivity contribution < 1.29 is 9.90 Å². The van der Waals surface area contributed by atoms with Gasteiger partial charge >= 0.3 is 0 Å². The number of rotatable bonds is 4. The van der Waals surface area contributed by atoms with Crippen molar-refractivity contribution in [3.8, 4) is 5.75 Å². The maximum absolute atomic E-state index is 12.1. The van der Waals surface area contributed by atoms with Crippen LogP contribution in [0.25, 0.3) is 0 Å². The quantitative estimate of drug-likeness (QED) is 0.902. The first-order chi connectivity index (χ1) is 11.6. The van der Waals surface area contributed by atoms with E-state index in [0.717, 1.165) is 25.7 Å². The van der Waals surface area contributed by atoms with Crippen LogP contribution in [0.3, 0.4) is 0 Å². The zero-order chi connectivity index (χ0) is 16.9. The van der Waals surface area contributed by atoms with Crippen LogP contribution in [0.4, 0.5) is 0 Å². The summed E-state index contributed by atoms with van der Waals surface area (Å²) in [5.74, 6) is 1.01. The molecule has 0 radical (unpaired) electrons. The Morgan fingerprint density at radius 1 is 1.00 bits per heavy atom. The van der Waals surface area contributed by atoms with Gasteiger partial charge in [0.05, 0.1) is 0 Å². The summed E-state index contributed by atoms with van der Waals surface area (Å²) in [7, 11) is 0. The largest absolute Gasteiger partial charge is 0.508 e. The van der Waals surface area contributed by atoms with Crippen molar-refractivity contribution in [2.75, 3.05) is 0 Å². The number of nitrogens with zero attached hydrogens (tertiary/aromatic N) is 1. The number of hydrogen-bond acceptors (Lipinski definition) is 2. The highest BCUT2D eigenvalue weighted by molar-refractivity contribution is 5.73. The summed E-state index contributed by atoms with van der Waals surface area (Å²) in [4.78, 5) is 14.2. The van der Waals surface area contributed by atoms with Gasteiger partial charge in [-0.05, 0) is 54.9 Å². The molecule has 126 valence electrons. The fraction of sp³-hybridized carbons (Fsp3) is 0.381. The maximum Gasteiger partial charge on any atom is 0.219 e. The molecule has 1 aliphatic rings. The molecule has 0 bridgehead atoms. The van der Waals surface area contributed by atoms with Gasteiger partial charge < -0.3 is 10.0 Å². The van der Waals surface area contributed by atoms with E-state index in [0.29, 0.717) is 24.3 Å². The molecule has 1 saturated carbocycles. The Morgan fingerprint density at radius 2 is 1.62 bits per heavy atom. The van der Waals surface area contributed by atoms with Crippen LogP contribution in [0, 0.1) is 0 Å². The minimum absolute atomic E-state index is 0.159. The Balaban J connectivity index is 1.63. The van der Waals surface area contributed by atoms with Crippen LogP contribution in [-0.4, -0.2) is 22.0 Å². The van der Waals surface area contributed by atoms with Gasteiger partial charge in [0.25, 0.3) is 0 Å².